The van der Waals surface area contributed by atoms with Gasteiger partial charge < -0.3 is 15.3 Å². The molecule has 1 saturated heterocycles. The van der Waals surface area contributed by atoms with Gasteiger partial charge in [0, 0.05) is 23.8 Å². The van der Waals surface area contributed by atoms with Crippen LogP contribution < -0.4 is 10.2 Å². The Kier molecular flexibility index (Phi) is 4.09. The van der Waals surface area contributed by atoms with Crippen LogP contribution in [0.25, 0.3) is 0 Å². The van der Waals surface area contributed by atoms with E-state index in [-0.39, 0.29) is 12.5 Å². The molecule has 5 heteroatoms. The Labute approximate surface area is 112 Å². The SMILES string of the molecule is Cc1ccc(N2CCCNC(=O)C2CO)cc1Cl. The van der Waals surface area contributed by atoms with Crippen LogP contribution in [0, 0.1) is 6.92 Å². The van der Waals surface area contributed by atoms with Crippen LogP contribution >= 0.6 is 11.6 Å². The zero-order valence-corrected chi connectivity index (χ0v) is 11.1. The molecular weight excluding hydrogens is 252 g/mol. The van der Waals surface area contributed by atoms with Crippen molar-refractivity contribution >= 4 is 23.2 Å². The predicted molar refractivity (Wildman–Crippen MR) is 72.0 cm³/mol. The predicted octanol–water partition coefficient (Wildman–Crippen LogP) is 1.34. The molecule has 1 unspecified atom stereocenters. The third-order valence-corrected chi connectivity index (χ3v) is 3.62. The van der Waals surface area contributed by atoms with Crippen LogP contribution in [0.5, 0.6) is 0 Å². The summed E-state index contributed by atoms with van der Waals surface area (Å²) in [5.74, 6) is -0.133. The second-order valence-electron chi connectivity index (χ2n) is 4.47. The molecule has 0 radical (unpaired) electrons. The van der Waals surface area contributed by atoms with E-state index in [4.69, 9.17) is 11.6 Å². The maximum Gasteiger partial charge on any atom is 0.245 e. The van der Waals surface area contributed by atoms with Crippen molar-refractivity contribution in [2.24, 2.45) is 0 Å². The first-order valence-corrected chi connectivity index (χ1v) is 6.42. The summed E-state index contributed by atoms with van der Waals surface area (Å²) in [5, 5.41) is 12.9. The van der Waals surface area contributed by atoms with Gasteiger partial charge in [-0.2, -0.15) is 0 Å². The van der Waals surface area contributed by atoms with E-state index < -0.39 is 6.04 Å². The molecule has 18 heavy (non-hydrogen) atoms. The number of hydrogen-bond donors (Lipinski definition) is 2. The molecule has 2 rings (SSSR count). The largest absolute Gasteiger partial charge is 0.394 e. The van der Waals surface area contributed by atoms with Gasteiger partial charge in [0.1, 0.15) is 6.04 Å². The van der Waals surface area contributed by atoms with E-state index in [1.165, 1.54) is 0 Å². The van der Waals surface area contributed by atoms with Crippen LogP contribution in [0.15, 0.2) is 18.2 Å². The van der Waals surface area contributed by atoms with Crippen LogP contribution in [0.4, 0.5) is 5.69 Å². The molecule has 4 nitrogen and oxygen atoms in total. The Balaban J connectivity index is 2.32. The quantitative estimate of drug-likeness (QED) is 0.851. The number of anilines is 1. The van der Waals surface area contributed by atoms with Crippen molar-refractivity contribution in [2.45, 2.75) is 19.4 Å². The third-order valence-electron chi connectivity index (χ3n) is 3.21. The number of aliphatic hydroxyl groups is 1. The maximum atomic E-state index is 11.8. The fourth-order valence-corrected chi connectivity index (χ4v) is 2.30. The topological polar surface area (TPSA) is 52.6 Å². The van der Waals surface area contributed by atoms with Crippen LogP contribution in [0.1, 0.15) is 12.0 Å². The molecular formula is C13H17ClN2O2. The minimum Gasteiger partial charge on any atom is -0.394 e. The van der Waals surface area contributed by atoms with Crippen LogP contribution in [-0.2, 0) is 4.79 Å². The minimum atomic E-state index is -0.536. The summed E-state index contributed by atoms with van der Waals surface area (Å²) < 4.78 is 0. The average Bonchev–Trinajstić information content (AvgIpc) is 2.54. The molecule has 1 amide bonds. The second-order valence-corrected chi connectivity index (χ2v) is 4.88. The summed E-state index contributed by atoms with van der Waals surface area (Å²) in [4.78, 5) is 13.7. The molecule has 2 N–H and O–H groups in total. The van der Waals surface area contributed by atoms with Gasteiger partial charge in [-0.3, -0.25) is 4.79 Å². The minimum absolute atomic E-state index is 0.133. The van der Waals surface area contributed by atoms with E-state index in [0.717, 1.165) is 24.2 Å². The first-order valence-electron chi connectivity index (χ1n) is 6.05. The van der Waals surface area contributed by atoms with Crippen LogP contribution in [-0.4, -0.2) is 36.8 Å². The van der Waals surface area contributed by atoms with Crippen LogP contribution in [0.2, 0.25) is 5.02 Å². The van der Waals surface area contributed by atoms with E-state index in [0.29, 0.717) is 11.6 Å². The van der Waals surface area contributed by atoms with E-state index in [1.54, 1.807) is 0 Å². The number of nitrogens with one attached hydrogen (secondary N) is 1. The Morgan fingerprint density at radius 2 is 2.33 bits per heavy atom. The second kappa shape index (κ2) is 5.59. The van der Waals surface area contributed by atoms with Gasteiger partial charge in [0.2, 0.25) is 5.91 Å². The van der Waals surface area contributed by atoms with Gasteiger partial charge in [-0.25, -0.2) is 0 Å². The van der Waals surface area contributed by atoms with Gasteiger partial charge in [0.15, 0.2) is 0 Å². The fourth-order valence-electron chi connectivity index (χ4n) is 2.13. The highest BCUT2D eigenvalue weighted by atomic mass is 35.5. The lowest BCUT2D eigenvalue weighted by molar-refractivity contribution is -0.122. The molecule has 0 bridgehead atoms. The highest BCUT2D eigenvalue weighted by Gasteiger charge is 2.27. The molecule has 0 aliphatic carbocycles. The summed E-state index contributed by atoms with van der Waals surface area (Å²) in [6.07, 6.45) is 0.855. The normalized spacial score (nSPS) is 20.5. The smallest absolute Gasteiger partial charge is 0.245 e. The maximum absolute atomic E-state index is 11.8. The van der Waals surface area contributed by atoms with Crippen molar-refractivity contribution < 1.29 is 9.90 Å². The van der Waals surface area contributed by atoms with Gasteiger partial charge in [-0.05, 0) is 31.0 Å². The number of rotatable bonds is 2. The van der Waals surface area contributed by atoms with E-state index in [1.807, 2.05) is 30.0 Å². The lowest BCUT2D eigenvalue weighted by atomic mass is 10.1. The number of aliphatic hydroxyl groups excluding tert-OH is 1. The lowest BCUT2D eigenvalue weighted by Crippen LogP contribution is -2.46. The monoisotopic (exact) mass is 268 g/mol. The highest BCUT2D eigenvalue weighted by molar-refractivity contribution is 6.31. The fraction of sp³-hybridized carbons (Fsp3) is 0.462. The van der Waals surface area contributed by atoms with E-state index >= 15 is 0 Å². The van der Waals surface area contributed by atoms with Crippen molar-refractivity contribution in [3.8, 4) is 0 Å². The van der Waals surface area contributed by atoms with Crippen molar-refractivity contribution in [3.63, 3.8) is 0 Å². The lowest BCUT2D eigenvalue weighted by Gasteiger charge is -2.29. The van der Waals surface area contributed by atoms with Gasteiger partial charge in [0.25, 0.3) is 0 Å². The number of carbonyl (C=O) groups is 1. The zero-order chi connectivity index (χ0) is 13.1. The van der Waals surface area contributed by atoms with Crippen molar-refractivity contribution in [1.82, 2.24) is 5.32 Å². The number of carbonyl (C=O) groups excluding carboxylic acids is 1. The summed E-state index contributed by atoms with van der Waals surface area (Å²) in [6.45, 7) is 3.11. The number of benzene rings is 1. The number of aryl methyl sites for hydroxylation is 1. The van der Waals surface area contributed by atoms with Gasteiger partial charge in [-0.15, -0.1) is 0 Å². The van der Waals surface area contributed by atoms with Gasteiger partial charge in [0.05, 0.1) is 6.61 Å². The standard InChI is InChI=1S/C13H17ClN2O2/c1-9-3-4-10(7-11(9)14)16-6-2-5-15-13(18)12(16)8-17/h3-4,7,12,17H,2,5-6,8H2,1H3,(H,15,18). The van der Waals surface area contributed by atoms with Crippen molar-refractivity contribution in [1.29, 1.82) is 0 Å². The van der Waals surface area contributed by atoms with Crippen LogP contribution in [0.3, 0.4) is 0 Å². The highest BCUT2D eigenvalue weighted by Crippen LogP contribution is 2.25. The van der Waals surface area contributed by atoms with E-state index in [2.05, 4.69) is 5.32 Å². The molecule has 0 aromatic heterocycles. The number of hydrogen-bond acceptors (Lipinski definition) is 3. The molecule has 98 valence electrons. The summed E-state index contributed by atoms with van der Waals surface area (Å²) in [7, 11) is 0. The number of amides is 1. The Hall–Kier alpha value is -1.26. The molecule has 1 fully saturated rings. The first-order chi connectivity index (χ1) is 8.63. The van der Waals surface area contributed by atoms with E-state index in [9.17, 15) is 9.90 Å². The molecule has 1 aliphatic rings. The molecule has 1 aromatic rings. The Bertz CT molecular complexity index is 451. The average molecular weight is 269 g/mol. The number of nitrogens with zero attached hydrogens (tertiary/aromatic N) is 1. The summed E-state index contributed by atoms with van der Waals surface area (Å²) in [5.41, 5.74) is 1.88. The summed E-state index contributed by atoms with van der Waals surface area (Å²) >= 11 is 6.11. The zero-order valence-electron chi connectivity index (χ0n) is 10.3. The third kappa shape index (κ3) is 2.60. The molecule has 1 atom stereocenters. The molecule has 1 aromatic carbocycles. The van der Waals surface area contributed by atoms with Gasteiger partial charge in [-0.1, -0.05) is 17.7 Å². The first kappa shape index (κ1) is 13.2. The molecule has 1 heterocycles. The molecule has 0 spiro atoms. The Morgan fingerprint density at radius 1 is 1.56 bits per heavy atom. The molecule has 1 aliphatic heterocycles. The summed E-state index contributed by atoms with van der Waals surface area (Å²) in [6, 6.07) is 5.17. The number of halogens is 1. The Morgan fingerprint density at radius 3 is 3.00 bits per heavy atom. The molecule has 0 saturated carbocycles. The van der Waals surface area contributed by atoms with Crippen molar-refractivity contribution in [2.75, 3.05) is 24.6 Å². The van der Waals surface area contributed by atoms with Gasteiger partial charge >= 0.3 is 0 Å². The van der Waals surface area contributed by atoms with Crippen molar-refractivity contribution in [3.05, 3.63) is 28.8 Å².